The van der Waals surface area contributed by atoms with Crippen LogP contribution in [0.2, 0.25) is 0 Å². The van der Waals surface area contributed by atoms with Gasteiger partial charge < -0.3 is 9.47 Å². The second-order valence-corrected chi connectivity index (χ2v) is 15.0. The monoisotopic (exact) mass is 706 g/mol. The lowest BCUT2D eigenvalue weighted by Gasteiger charge is -2.25. The van der Waals surface area contributed by atoms with Gasteiger partial charge in [0.2, 0.25) is 0 Å². The number of ether oxygens (including phenoxy) is 2. The van der Waals surface area contributed by atoms with E-state index in [1.165, 1.54) is 38.2 Å². The van der Waals surface area contributed by atoms with Crippen molar-refractivity contribution in [3.05, 3.63) is 181 Å². The molecule has 9 aromatic rings. The lowest BCUT2D eigenvalue weighted by Crippen LogP contribution is -2.15. The summed E-state index contributed by atoms with van der Waals surface area (Å²) in [4.78, 5) is 10.3. The number of fused-ring (bicyclic) bond motifs is 9. The first-order valence-corrected chi connectivity index (χ1v) is 18.7. The summed E-state index contributed by atoms with van der Waals surface area (Å²) in [6.45, 7) is 4.55. The van der Waals surface area contributed by atoms with E-state index in [2.05, 4.69) is 153 Å². The molecule has 2 heterocycles. The Kier molecular flexibility index (Phi) is 6.86. The maximum atomic E-state index is 6.78. The molecule has 0 saturated carbocycles. The van der Waals surface area contributed by atoms with Crippen LogP contribution in [0.1, 0.15) is 25.0 Å². The summed E-state index contributed by atoms with van der Waals surface area (Å²) in [5, 5.41) is 4.89. The van der Waals surface area contributed by atoms with Crippen molar-refractivity contribution in [1.29, 1.82) is 0 Å². The molecule has 0 radical (unpaired) electrons. The summed E-state index contributed by atoms with van der Waals surface area (Å²) in [5.41, 5.74) is 11.5. The first kappa shape index (κ1) is 31.5. The Morgan fingerprint density at radius 3 is 2.02 bits per heavy atom. The fraction of sp³-hybridized carbons (Fsp3) is 0.0588. The van der Waals surface area contributed by atoms with Gasteiger partial charge in [-0.15, -0.1) is 0 Å². The predicted molar refractivity (Wildman–Crippen MR) is 223 cm³/mol. The predicted octanol–water partition coefficient (Wildman–Crippen LogP) is 13.7. The smallest absolute Gasteiger partial charge is 0.178 e. The van der Waals surface area contributed by atoms with Crippen LogP contribution in [-0.4, -0.2) is 9.97 Å². The van der Waals surface area contributed by atoms with Crippen molar-refractivity contribution >= 4 is 21.5 Å². The van der Waals surface area contributed by atoms with Gasteiger partial charge in [0, 0.05) is 27.7 Å². The molecular weight excluding hydrogens is 673 g/mol. The molecule has 4 heteroatoms. The number of nitrogens with zero attached hydrogens (tertiary/aromatic N) is 2. The van der Waals surface area contributed by atoms with E-state index in [9.17, 15) is 0 Å². The molecule has 0 bridgehead atoms. The molecule has 4 nitrogen and oxygen atoms in total. The fourth-order valence-corrected chi connectivity index (χ4v) is 8.50. The van der Waals surface area contributed by atoms with Gasteiger partial charge in [-0.05, 0) is 85.8 Å². The minimum atomic E-state index is -0.129. The second-order valence-electron chi connectivity index (χ2n) is 15.0. The Hall–Kier alpha value is -7.04. The Bertz CT molecular complexity index is 3020. The topological polar surface area (TPSA) is 44.2 Å². The minimum absolute atomic E-state index is 0.129. The molecule has 1 aliphatic heterocycles. The molecule has 0 unspecified atom stereocenters. The van der Waals surface area contributed by atoms with Crippen LogP contribution in [0.25, 0.3) is 77.7 Å². The Labute approximate surface area is 319 Å². The van der Waals surface area contributed by atoms with E-state index in [4.69, 9.17) is 19.4 Å². The van der Waals surface area contributed by atoms with Crippen molar-refractivity contribution < 1.29 is 9.47 Å². The van der Waals surface area contributed by atoms with Crippen LogP contribution in [0.15, 0.2) is 170 Å². The Morgan fingerprint density at radius 1 is 0.418 bits per heavy atom. The molecule has 0 amide bonds. The highest BCUT2D eigenvalue weighted by Crippen LogP contribution is 2.58. The molecule has 0 atom stereocenters. The number of benzene rings is 8. The SMILES string of the molecule is CC1(C)c2ccccc2-c2c1ccc1c2Oc2cc(-c3cccc(-c4nc(-c5ccccc5)cc(-c5ccc6c(ccc7ccccc76)c5)n4)c3)ccc2O1. The van der Waals surface area contributed by atoms with Crippen LogP contribution in [-0.2, 0) is 5.41 Å². The molecule has 0 N–H and O–H groups in total. The van der Waals surface area contributed by atoms with Crippen LogP contribution in [0, 0.1) is 0 Å². The van der Waals surface area contributed by atoms with Gasteiger partial charge in [-0.2, -0.15) is 0 Å². The molecule has 11 rings (SSSR count). The van der Waals surface area contributed by atoms with Crippen molar-refractivity contribution in [3.8, 4) is 79.2 Å². The average Bonchev–Trinajstić information content (AvgIpc) is 3.48. The summed E-state index contributed by atoms with van der Waals surface area (Å²) in [6, 6.07) is 59.4. The lowest BCUT2D eigenvalue weighted by molar-refractivity contribution is 0.360. The van der Waals surface area contributed by atoms with Gasteiger partial charge in [0.25, 0.3) is 0 Å². The number of hydrogen-bond acceptors (Lipinski definition) is 4. The van der Waals surface area contributed by atoms with Gasteiger partial charge in [0.05, 0.1) is 11.4 Å². The van der Waals surface area contributed by atoms with E-state index in [0.29, 0.717) is 17.3 Å². The van der Waals surface area contributed by atoms with Crippen LogP contribution < -0.4 is 9.47 Å². The lowest BCUT2D eigenvalue weighted by atomic mass is 9.82. The van der Waals surface area contributed by atoms with E-state index in [1.807, 2.05) is 30.3 Å². The molecule has 0 spiro atoms. The highest BCUT2D eigenvalue weighted by atomic mass is 16.6. The quantitative estimate of drug-likeness (QED) is 0.171. The largest absolute Gasteiger partial charge is 0.449 e. The van der Waals surface area contributed by atoms with Crippen LogP contribution in [0.5, 0.6) is 23.0 Å². The van der Waals surface area contributed by atoms with Gasteiger partial charge in [-0.1, -0.05) is 147 Å². The van der Waals surface area contributed by atoms with Gasteiger partial charge in [-0.3, -0.25) is 0 Å². The average molecular weight is 707 g/mol. The zero-order valence-corrected chi connectivity index (χ0v) is 30.4. The molecule has 1 aliphatic carbocycles. The van der Waals surface area contributed by atoms with Crippen LogP contribution >= 0.6 is 0 Å². The standard InChI is InChI=1S/C51H34N2O2/c1-51(2)41-18-9-8-17-40(41)48-42(51)24-26-46-49(48)55-47-29-34(22-25-45(47)54-46)33-14-10-15-37(27-33)50-52-43(32-12-4-3-5-13-32)30-44(53-50)36-21-23-39-35(28-36)20-19-31-11-6-7-16-38(31)39/h3-30H,1-2H3. The normalized spacial score (nSPS) is 13.3. The molecule has 2 aliphatic rings. The molecule has 55 heavy (non-hydrogen) atoms. The first-order chi connectivity index (χ1) is 27.0. The second kappa shape index (κ2) is 12.0. The Balaban J connectivity index is 0.986. The van der Waals surface area contributed by atoms with E-state index < -0.39 is 0 Å². The van der Waals surface area contributed by atoms with Crippen LogP contribution in [0.3, 0.4) is 0 Å². The number of aromatic nitrogens is 2. The van der Waals surface area contributed by atoms with E-state index in [0.717, 1.165) is 56.3 Å². The van der Waals surface area contributed by atoms with E-state index >= 15 is 0 Å². The molecule has 8 aromatic carbocycles. The minimum Gasteiger partial charge on any atom is -0.449 e. The molecule has 0 fully saturated rings. The molecular formula is C51H34N2O2. The highest BCUT2D eigenvalue weighted by Gasteiger charge is 2.39. The van der Waals surface area contributed by atoms with Gasteiger partial charge in [0.15, 0.2) is 28.8 Å². The third-order valence-corrected chi connectivity index (χ3v) is 11.3. The van der Waals surface area contributed by atoms with Crippen molar-refractivity contribution in [2.24, 2.45) is 0 Å². The summed E-state index contributed by atoms with van der Waals surface area (Å²) < 4.78 is 13.3. The zero-order chi connectivity index (χ0) is 36.7. The molecule has 0 saturated heterocycles. The molecule has 260 valence electrons. The van der Waals surface area contributed by atoms with Crippen LogP contribution in [0.4, 0.5) is 0 Å². The maximum absolute atomic E-state index is 6.78. The maximum Gasteiger partial charge on any atom is 0.178 e. The van der Waals surface area contributed by atoms with Crippen molar-refractivity contribution in [1.82, 2.24) is 9.97 Å². The van der Waals surface area contributed by atoms with Gasteiger partial charge in [0.1, 0.15) is 0 Å². The first-order valence-electron chi connectivity index (χ1n) is 18.7. The molecule has 1 aromatic heterocycles. The van der Waals surface area contributed by atoms with Crippen molar-refractivity contribution in [2.75, 3.05) is 0 Å². The zero-order valence-electron chi connectivity index (χ0n) is 30.4. The summed E-state index contributed by atoms with van der Waals surface area (Å²) >= 11 is 0. The summed E-state index contributed by atoms with van der Waals surface area (Å²) in [7, 11) is 0. The van der Waals surface area contributed by atoms with Crippen molar-refractivity contribution in [2.45, 2.75) is 19.3 Å². The summed E-state index contributed by atoms with van der Waals surface area (Å²) in [6.07, 6.45) is 0. The van der Waals surface area contributed by atoms with Gasteiger partial charge in [-0.25, -0.2) is 9.97 Å². The van der Waals surface area contributed by atoms with E-state index in [1.54, 1.807) is 0 Å². The Morgan fingerprint density at radius 2 is 1.11 bits per heavy atom. The van der Waals surface area contributed by atoms with E-state index in [-0.39, 0.29) is 5.41 Å². The number of rotatable bonds is 4. The van der Waals surface area contributed by atoms with Gasteiger partial charge >= 0.3 is 0 Å². The third kappa shape index (κ3) is 5.06. The third-order valence-electron chi connectivity index (χ3n) is 11.3. The van der Waals surface area contributed by atoms with Crippen molar-refractivity contribution in [3.63, 3.8) is 0 Å². The fourth-order valence-electron chi connectivity index (χ4n) is 8.50. The number of hydrogen-bond donors (Lipinski definition) is 0. The summed E-state index contributed by atoms with van der Waals surface area (Å²) in [5.74, 6) is 3.57. The highest BCUT2D eigenvalue weighted by molar-refractivity contribution is 6.08.